The van der Waals surface area contributed by atoms with Gasteiger partial charge in [0.2, 0.25) is 0 Å². The van der Waals surface area contributed by atoms with Crippen LogP contribution >= 0.6 is 11.6 Å². The fraction of sp³-hybridized carbons (Fsp3) is 0.200. The second-order valence-corrected chi connectivity index (χ2v) is 5.94. The lowest BCUT2D eigenvalue weighted by Crippen LogP contribution is -2.29. The first-order valence-corrected chi connectivity index (χ1v) is 8.64. The molecule has 7 heteroatoms. The zero-order chi connectivity index (χ0) is 19.8. The van der Waals surface area contributed by atoms with Crippen molar-refractivity contribution < 1.29 is 23.5 Å². The second-order valence-electron chi connectivity index (χ2n) is 5.53. The van der Waals surface area contributed by atoms with Gasteiger partial charge < -0.3 is 14.8 Å². The largest absolute Gasteiger partial charge is 0.494 e. The van der Waals surface area contributed by atoms with Crippen LogP contribution in [-0.2, 0) is 14.3 Å². The quantitative estimate of drug-likeness (QED) is 0.559. The number of nitrogens with one attached hydrogen (secondary N) is 1. The number of amides is 1. The van der Waals surface area contributed by atoms with Gasteiger partial charge in [-0.1, -0.05) is 23.7 Å². The van der Waals surface area contributed by atoms with E-state index in [2.05, 4.69) is 5.32 Å². The molecule has 0 aliphatic heterocycles. The Morgan fingerprint density at radius 2 is 1.93 bits per heavy atom. The number of carbonyl (C=O) groups excluding carboxylic acids is 2. The summed E-state index contributed by atoms with van der Waals surface area (Å²) in [6.45, 7) is 3.89. The van der Waals surface area contributed by atoms with Crippen molar-refractivity contribution in [3.63, 3.8) is 0 Å². The Morgan fingerprint density at radius 1 is 1.22 bits per heavy atom. The van der Waals surface area contributed by atoms with E-state index in [1.807, 2.05) is 6.92 Å². The number of benzene rings is 2. The average molecular weight is 392 g/mol. The Balaban J connectivity index is 1.89. The Labute approximate surface area is 161 Å². The first-order chi connectivity index (χ1) is 12.9. The van der Waals surface area contributed by atoms with E-state index in [0.29, 0.717) is 6.61 Å². The van der Waals surface area contributed by atoms with Crippen LogP contribution in [0.5, 0.6) is 5.75 Å². The van der Waals surface area contributed by atoms with Gasteiger partial charge in [0.1, 0.15) is 11.6 Å². The van der Waals surface area contributed by atoms with Gasteiger partial charge in [0.15, 0.2) is 6.10 Å². The Bertz CT molecular complexity index is 836. The van der Waals surface area contributed by atoms with Crippen LogP contribution in [0.25, 0.3) is 6.08 Å². The molecule has 0 aliphatic carbocycles. The molecule has 1 N–H and O–H groups in total. The lowest BCUT2D eigenvalue weighted by molar-refractivity contribution is -0.148. The highest BCUT2D eigenvalue weighted by molar-refractivity contribution is 6.33. The molecule has 0 spiro atoms. The van der Waals surface area contributed by atoms with Gasteiger partial charge in [-0.15, -0.1) is 0 Å². The number of anilines is 1. The SMILES string of the molecule is CCOc1ccc(/C=C/C(=O)O[C@@H](C)C(=O)Nc2ccc(F)cc2Cl)cc1. The number of hydrogen-bond donors (Lipinski definition) is 1. The summed E-state index contributed by atoms with van der Waals surface area (Å²) in [4.78, 5) is 24.0. The van der Waals surface area contributed by atoms with Crippen molar-refractivity contribution in [1.82, 2.24) is 0 Å². The fourth-order valence-electron chi connectivity index (χ4n) is 2.10. The minimum absolute atomic E-state index is 0.0530. The lowest BCUT2D eigenvalue weighted by atomic mass is 10.2. The van der Waals surface area contributed by atoms with Crippen LogP contribution in [0.15, 0.2) is 48.5 Å². The summed E-state index contributed by atoms with van der Waals surface area (Å²) in [5.41, 5.74) is 1.02. The molecule has 0 saturated carbocycles. The molecule has 2 rings (SSSR count). The number of esters is 1. The molecule has 5 nitrogen and oxygen atoms in total. The van der Waals surface area contributed by atoms with Crippen LogP contribution in [0, 0.1) is 5.82 Å². The van der Waals surface area contributed by atoms with E-state index in [9.17, 15) is 14.0 Å². The summed E-state index contributed by atoms with van der Waals surface area (Å²) in [7, 11) is 0. The van der Waals surface area contributed by atoms with Crippen LogP contribution in [0.4, 0.5) is 10.1 Å². The number of halogens is 2. The van der Waals surface area contributed by atoms with E-state index in [1.54, 1.807) is 30.3 Å². The first kappa shape index (κ1) is 20.5. The van der Waals surface area contributed by atoms with Crippen LogP contribution in [0.3, 0.4) is 0 Å². The molecule has 1 atom stereocenters. The Morgan fingerprint density at radius 3 is 2.56 bits per heavy atom. The van der Waals surface area contributed by atoms with E-state index in [1.165, 1.54) is 19.1 Å². The van der Waals surface area contributed by atoms with Crippen LogP contribution in [0.2, 0.25) is 5.02 Å². The zero-order valence-corrected chi connectivity index (χ0v) is 15.6. The van der Waals surface area contributed by atoms with Gasteiger partial charge in [-0.25, -0.2) is 9.18 Å². The van der Waals surface area contributed by atoms with Crippen molar-refractivity contribution in [3.8, 4) is 5.75 Å². The molecule has 0 fully saturated rings. The van der Waals surface area contributed by atoms with E-state index in [0.717, 1.165) is 23.4 Å². The normalized spacial score (nSPS) is 11.9. The molecule has 2 aromatic carbocycles. The summed E-state index contributed by atoms with van der Waals surface area (Å²) in [6, 6.07) is 10.7. The predicted molar refractivity (Wildman–Crippen MR) is 102 cm³/mol. The van der Waals surface area contributed by atoms with Gasteiger partial charge >= 0.3 is 5.97 Å². The van der Waals surface area contributed by atoms with Gasteiger partial charge in [-0.05, 0) is 55.8 Å². The summed E-state index contributed by atoms with van der Waals surface area (Å²) in [6.07, 6.45) is 1.74. The number of rotatable bonds is 7. The monoisotopic (exact) mass is 391 g/mol. The maximum atomic E-state index is 13.0. The second kappa shape index (κ2) is 9.73. The Hall–Kier alpha value is -2.86. The molecule has 0 bridgehead atoms. The predicted octanol–water partition coefficient (Wildman–Crippen LogP) is 4.46. The minimum atomic E-state index is -1.05. The third kappa shape index (κ3) is 6.42. The molecule has 0 heterocycles. The average Bonchev–Trinajstić information content (AvgIpc) is 2.63. The molecule has 0 unspecified atom stereocenters. The molecule has 0 aromatic heterocycles. The van der Waals surface area contributed by atoms with Gasteiger partial charge in [0.05, 0.1) is 17.3 Å². The molecule has 2 aromatic rings. The van der Waals surface area contributed by atoms with Crippen molar-refractivity contribution in [1.29, 1.82) is 0 Å². The van der Waals surface area contributed by atoms with Crippen molar-refractivity contribution in [2.45, 2.75) is 20.0 Å². The number of hydrogen-bond acceptors (Lipinski definition) is 4. The molecule has 0 aliphatic rings. The van der Waals surface area contributed by atoms with Crippen molar-refractivity contribution >= 4 is 35.2 Å². The van der Waals surface area contributed by atoms with Crippen LogP contribution in [0.1, 0.15) is 19.4 Å². The highest BCUT2D eigenvalue weighted by atomic mass is 35.5. The smallest absolute Gasteiger partial charge is 0.331 e. The number of carbonyl (C=O) groups is 2. The third-order valence-electron chi connectivity index (χ3n) is 3.45. The summed E-state index contributed by atoms with van der Waals surface area (Å²) in [5, 5.41) is 2.53. The molecule has 0 radical (unpaired) electrons. The molecule has 142 valence electrons. The van der Waals surface area contributed by atoms with Crippen molar-refractivity contribution in [3.05, 3.63) is 64.9 Å². The summed E-state index contributed by atoms with van der Waals surface area (Å²) < 4.78 is 23.4. The highest BCUT2D eigenvalue weighted by Crippen LogP contribution is 2.22. The van der Waals surface area contributed by atoms with Gasteiger partial charge in [0.25, 0.3) is 5.91 Å². The van der Waals surface area contributed by atoms with Gasteiger partial charge in [-0.2, -0.15) is 0 Å². The maximum absolute atomic E-state index is 13.0. The molecule has 27 heavy (non-hydrogen) atoms. The van der Waals surface area contributed by atoms with Gasteiger partial charge in [0, 0.05) is 6.08 Å². The third-order valence-corrected chi connectivity index (χ3v) is 3.77. The first-order valence-electron chi connectivity index (χ1n) is 8.26. The summed E-state index contributed by atoms with van der Waals surface area (Å²) in [5.74, 6) is -1.03. The number of ether oxygens (including phenoxy) is 2. The standard InChI is InChI=1S/C20H19ClFNO4/c1-3-26-16-8-4-14(5-9-16)6-11-19(24)27-13(2)20(25)23-18-10-7-15(22)12-17(18)21/h4-13H,3H2,1-2H3,(H,23,25)/b11-6+/t13-/m0/s1. The van der Waals surface area contributed by atoms with Crippen molar-refractivity contribution in [2.75, 3.05) is 11.9 Å². The maximum Gasteiger partial charge on any atom is 0.331 e. The molecular weight excluding hydrogens is 373 g/mol. The summed E-state index contributed by atoms with van der Waals surface area (Å²) >= 11 is 5.85. The van der Waals surface area contributed by atoms with Gasteiger partial charge in [-0.3, -0.25) is 4.79 Å². The van der Waals surface area contributed by atoms with Crippen LogP contribution in [-0.4, -0.2) is 24.6 Å². The fourth-order valence-corrected chi connectivity index (χ4v) is 2.31. The van der Waals surface area contributed by atoms with E-state index in [-0.39, 0.29) is 10.7 Å². The minimum Gasteiger partial charge on any atom is -0.494 e. The highest BCUT2D eigenvalue weighted by Gasteiger charge is 2.17. The molecular formula is C20H19ClFNO4. The van der Waals surface area contributed by atoms with Crippen molar-refractivity contribution in [2.24, 2.45) is 0 Å². The lowest BCUT2D eigenvalue weighted by Gasteiger charge is -2.13. The molecule has 0 saturated heterocycles. The van der Waals surface area contributed by atoms with Crippen LogP contribution < -0.4 is 10.1 Å². The van der Waals surface area contributed by atoms with E-state index < -0.39 is 23.8 Å². The molecule has 1 amide bonds. The van der Waals surface area contributed by atoms with E-state index >= 15 is 0 Å². The zero-order valence-electron chi connectivity index (χ0n) is 14.9. The topological polar surface area (TPSA) is 64.6 Å². The Kier molecular flexibility index (Phi) is 7.37. The van der Waals surface area contributed by atoms with E-state index in [4.69, 9.17) is 21.1 Å².